The molecule has 3 heteroatoms. The van der Waals surface area contributed by atoms with Gasteiger partial charge in [0.25, 0.3) is 0 Å². The molecule has 0 aliphatic carbocycles. The summed E-state index contributed by atoms with van der Waals surface area (Å²) in [4.78, 5) is 0. The second-order valence-corrected chi connectivity index (χ2v) is 11.6. The summed E-state index contributed by atoms with van der Waals surface area (Å²) in [5, 5.41) is 10.5. The molecule has 0 heterocycles. The lowest BCUT2D eigenvalue weighted by atomic mass is 9.97. The molecule has 0 saturated heterocycles. The first-order chi connectivity index (χ1) is 12.2. The highest BCUT2D eigenvalue weighted by Crippen LogP contribution is 2.37. The van der Waals surface area contributed by atoms with Crippen LogP contribution in [0.5, 0.6) is 0 Å². The highest BCUT2D eigenvalue weighted by atomic mass is 31.1. The van der Waals surface area contributed by atoms with Gasteiger partial charge >= 0.3 is 0 Å². The van der Waals surface area contributed by atoms with Crippen LogP contribution in [-0.2, 0) is 0 Å². The van der Waals surface area contributed by atoms with E-state index in [1.54, 1.807) is 0 Å². The average Bonchev–Trinajstić information content (AvgIpc) is 2.57. The van der Waals surface area contributed by atoms with Gasteiger partial charge in [-0.15, -0.1) is 0 Å². The van der Waals surface area contributed by atoms with Crippen molar-refractivity contribution in [1.29, 1.82) is 0 Å². The van der Waals surface area contributed by atoms with E-state index in [9.17, 15) is 0 Å². The van der Waals surface area contributed by atoms with Crippen molar-refractivity contribution in [3.8, 4) is 0 Å². The van der Waals surface area contributed by atoms with E-state index in [2.05, 4.69) is 113 Å². The Labute approximate surface area is 161 Å². The van der Waals surface area contributed by atoms with Crippen molar-refractivity contribution >= 4 is 18.5 Å². The smallest absolute Gasteiger partial charge is 0.0858 e. The van der Waals surface area contributed by atoms with E-state index in [1.807, 2.05) is 0 Å². The third-order valence-corrected chi connectivity index (χ3v) is 6.57. The molecule has 2 N–H and O–H groups in total. The van der Waals surface area contributed by atoms with E-state index >= 15 is 0 Å². The van der Waals surface area contributed by atoms with Gasteiger partial charge in [0.15, 0.2) is 0 Å². The lowest BCUT2D eigenvalue weighted by Crippen LogP contribution is -2.49. The van der Waals surface area contributed by atoms with E-state index in [-0.39, 0.29) is 16.7 Å². The molecule has 0 unspecified atom stereocenters. The zero-order valence-corrected chi connectivity index (χ0v) is 18.1. The van der Waals surface area contributed by atoms with Gasteiger partial charge in [0.05, 0.1) is 5.91 Å². The Bertz CT molecular complexity index is 584. The number of nitrogens with one attached hydrogen (secondary N) is 2. The first-order valence-electron chi connectivity index (χ1n) is 9.52. The van der Waals surface area contributed by atoms with Crippen LogP contribution in [0.3, 0.4) is 0 Å². The Kier molecular flexibility index (Phi) is 7.41. The van der Waals surface area contributed by atoms with Crippen molar-refractivity contribution in [3.05, 3.63) is 60.7 Å². The quantitative estimate of drug-likeness (QED) is 0.546. The van der Waals surface area contributed by atoms with Crippen LogP contribution in [0, 0.1) is 10.8 Å². The second kappa shape index (κ2) is 9.13. The Morgan fingerprint density at radius 3 is 1.31 bits per heavy atom. The average molecular weight is 371 g/mol. The van der Waals surface area contributed by atoms with Gasteiger partial charge in [-0.3, -0.25) is 10.6 Å². The molecule has 0 aromatic heterocycles. The number of hydrogen-bond acceptors (Lipinski definition) is 2. The first-order valence-corrected chi connectivity index (χ1v) is 10.9. The van der Waals surface area contributed by atoms with Crippen LogP contribution in [0.4, 0.5) is 0 Å². The number of rotatable bonds is 7. The van der Waals surface area contributed by atoms with Crippen LogP contribution in [-0.4, -0.2) is 19.0 Å². The molecule has 0 spiro atoms. The molecule has 2 rings (SSSR count). The molecule has 26 heavy (non-hydrogen) atoms. The molecule has 2 aromatic rings. The standard InChI is InChI=1S/C23H35N2P/c1-22(2,3)17-24-21(25-18-23(4,5)6)26(19-13-9-7-10-14-19)20-15-11-8-12-16-20/h7-16,21,24-25H,17-18H2,1-6H3. The van der Waals surface area contributed by atoms with Crippen molar-refractivity contribution in [2.75, 3.05) is 13.1 Å². The molecule has 0 saturated carbocycles. The van der Waals surface area contributed by atoms with Crippen LogP contribution >= 0.6 is 7.92 Å². The summed E-state index contributed by atoms with van der Waals surface area (Å²) in [6.07, 6.45) is 0. The van der Waals surface area contributed by atoms with Gasteiger partial charge in [0.1, 0.15) is 0 Å². The summed E-state index contributed by atoms with van der Waals surface area (Å²) in [6, 6.07) is 21.9. The van der Waals surface area contributed by atoms with Crippen LogP contribution in [0.2, 0.25) is 0 Å². The van der Waals surface area contributed by atoms with E-state index < -0.39 is 7.92 Å². The van der Waals surface area contributed by atoms with Gasteiger partial charge in [-0.2, -0.15) is 0 Å². The summed E-state index contributed by atoms with van der Waals surface area (Å²) in [5.41, 5.74) is 0.492. The minimum absolute atomic E-state index is 0.244. The Hall–Kier alpha value is -1.21. The topological polar surface area (TPSA) is 24.1 Å². The molecule has 0 radical (unpaired) electrons. The van der Waals surface area contributed by atoms with Gasteiger partial charge in [0.2, 0.25) is 0 Å². The summed E-state index contributed by atoms with van der Waals surface area (Å²) in [7, 11) is -0.543. The van der Waals surface area contributed by atoms with Gasteiger partial charge in [0, 0.05) is 13.1 Å². The Morgan fingerprint density at radius 1 is 0.654 bits per heavy atom. The van der Waals surface area contributed by atoms with Crippen LogP contribution in [0.1, 0.15) is 41.5 Å². The highest BCUT2D eigenvalue weighted by Gasteiger charge is 2.26. The molecule has 2 nitrogen and oxygen atoms in total. The van der Waals surface area contributed by atoms with Crippen molar-refractivity contribution in [3.63, 3.8) is 0 Å². The van der Waals surface area contributed by atoms with Gasteiger partial charge in [-0.05, 0) is 29.4 Å². The molecule has 2 aromatic carbocycles. The summed E-state index contributed by atoms with van der Waals surface area (Å²) >= 11 is 0. The minimum Gasteiger partial charge on any atom is -0.297 e. The molecular weight excluding hydrogens is 335 g/mol. The van der Waals surface area contributed by atoms with Crippen LogP contribution < -0.4 is 21.2 Å². The molecule has 0 aliphatic heterocycles. The first kappa shape index (κ1) is 21.1. The van der Waals surface area contributed by atoms with Crippen LogP contribution in [0.25, 0.3) is 0 Å². The monoisotopic (exact) mass is 370 g/mol. The predicted octanol–water partition coefficient (Wildman–Crippen LogP) is 4.67. The molecule has 0 bridgehead atoms. The number of benzene rings is 2. The zero-order chi connectivity index (χ0) is 19.2. The molecular formula is C23H35N2P. The molecule has 0 aliphatic rings. The summed E-state index contributed by atoms with van der Waals surface area (Å²) in [6.45, 7) is 15.7. The van der Waals surface area contributed by atoms with Crippen molar-refractivity contribution in [2.45, 2.75) is 47.4 Å². The van der Waals surface area contributed by atoms with E-state index in [0.717, 1.165) is 13.1 Å². The van der Waals surface area contributed by atoms with Gasteiger partial charge < -0.3 is 0 Å². The largest absolute Gasteiger partial charge is 0.297 e. The summed E-state index contributed by atoms with van der Waals surface area (Å²) < 4.78 is 0. The fourth-order valence-electron chi connectivity index (χ4n) is 2.68. The van der Waals surface area contributed by atoms with E-state index in [0.29, 0.717) is 0 Å². The Morgan fingerprint density at radius 2 is 1.00 bits per heavy atom. The molecule has 0 atom stereocenters. The maximum absolute atomic E-state index is 3.85. The third kappa shape index (κ3) is 7.19. The van der Waals surface area contributed by atoms with Gasteiger partial charge in [-0.25, -0.2) is 0 Å². The maximum atomic E-state index is 3.85. The van der Waals surface area contributed by atoms with E-state index in [1.165, 1.54) is 10.6 Å². The fourth-order valence-corrected chi connectivity index (χ4v) is 5.11. The van der Waals surface area contributed by atoms with Crippen molar-refractivity contribution in [2.24, 2.45) is 10.8 Å². The predicted molar refractivity (Wildman–Crippen MR) is 118 cm³/mol. The highest BCUT2D eigenvalue weighted by molar-refractivity contribution is 7.73. The number of hydrogen-bond donors (Lipinski definition) is 2. The normalized spacial score (nSPS) is 12.8. The van der Waals surface area contributed by atoms with Crippen LogP contribution in [0.15, 0.2) is 60.7 Å². The third-order valence-electron chi connectivity index (χ3n) is 3.98. The SMILES string of the molecule is CC(C)(C)CNC(NCC(C)(C)C)P(c1ccccc1)c1ccccc1. The minimum atomic E-state index is -0.543. The second-order valence-electron chi connectivity index (χ2n) is 9.33. The molecule has 0 fully saturated rings. The lowest BCUT2D eigenvalue weighted by molar-refractivity contribution is 0.329. The van der Waals surface area contributed by atoms with Gasteiger partial charge in [-0.1, -0.05) is 102 Å². The molecule has 142 valence electrons. The van der Waals surface area contributed by atoms with Crippen molar-refractivity contribution < 1.29 is 0 Å². The fraction of sp³-hybridized carbons (Fsp3) is 0.478. The lowest BCUT2D eigenvalue weighted by Gasteiger charge is -2.34. The summed E-state index contributed by atoms with van der Waals surface area (Å²) in [5.74, 6) is 0.244. The van der Waals surface area contributed by atoms with Crippen molar-refractivity contribution in [1.82, 2.24) is 10.6 Å². The van der Waals surface area contributed by atoms with E-state index in [4.69, 9.17) is 0 Å². The zero-order valence-electron chi connectivity index (χ0n) is 17.2. The maximum Gasteiger partial charge on any atom is 0.0858 e. The molecule has 0 amide bonds. The Balaban J connectivity index is 2.36.